The zero-order valence-corrected chi connectivity index (χ0v) is 13.4. The summed E-state index contributed by atoms with van der Waals surface area (Å²) in [6.45, 7) is 2.49. The van der Waals surface area contributed by atoms with Crippen molar-refractivity contribution in [1.29, 1.82) is 0 Å². The number of nitrogens with two attached hydrogens (primary N) is 1. The Balaban J connectivity index is 2.87. The fourth-order valence-electron chi connectivity index (χ4n) is 1.74. The Kier molecular flexibility index (Phi) is 5.84. The van der Waals surface area contributed by atoms with Gasteiger partial charge in [-0.3, -0.25) is 15.0 Å². The molecule has 0 saturated carbocycles. The molecule has 1 unspecified atom stereocenters. The summed E-state index contributed by atoms with van der Waals surface area (Å²) in [7, 11) is 5.95. The monoisotopic (exact) mass is 311 g/mol. The summed E-state index contributed by atoms with van der Waals surface area (Å²) >= 11 is 0. The number of non-ortho nitro benzene ring substituents is 1. The Hall–Kier alpha value is -2.19. The van der Waals surface area contributed by atoms with Crippen LogP contribution in [-0.4, -0.2) is 56.0 Å². The van der Waals surface area contributed by atoms with Gasteiger partial charge in [0, 0.05) is 12.1 Å². The van der Waals surface area contributed by atoms with Crippen molar-refractivity contribution in [3.8, 4) is 0 Å². The molecule has 8 heteroatoms. The number of quaternary nitrogens is 1. The number of nitro benzene ring substituents is 1. The first-order chi connectivity index (χ1) is 10.1. The molecule has 0 fully saturated rings. The second-order valence-electron chi connectivity index (χ2n) is 6.02. The van der Waals surface area contributed by atoms with Gasteiger partial charge in [0.05, 0.1) is 37.9 Å². The van der Waals surface area contributed by atoms with Crippen LogP contribution in [-0.2, 0) is 4.74 Å². The standard InChI is InChI=1S/C14H23N4O4/c1-11(15)16(14(19)22-9-8-18(2,3)4)12-6-5-7-13(10-12)17(20)21/h5-7,10-11H,8-9,15H2,1-4H3/q+1. The molecule has 1 rings (SSSR count). The van der Waals surface area contributed by atoms with Crippen LogP contribution in [0.4, 0.5) is 16.2 Å². The largest absolute Gasteiger partial charge is 0.443 e. The highest BCUT2D eigenvalue weighted by Crippen LogP contribution is 2.22. The Labute approximate surface area is 129 Å². The predicted octanol–water partition coefficient (Wildman–Crippen LogP) is 1.55. The molecule has 0 heterocycles. The van der Waals surface area contributed by atoms with Crippen molar-refractivity contribution in [3.05, 3.63) is 34.4 Å². The van der Waals surface area contributed by atoms with Gasteiger partial charge < -0.3 is 15.0 Å². The van der Waals surface area contributed by atoms with E-state index in [2.05, 4.69) is 0 Å². The third-order valence-electron chi connectivity index (χ3n) is 2.91. The van der Waals surface area contributed by atoms with E-state index in [1.807, 2.05) is 21.1 Å². The molecule has 122 valence electrons. The minimum atomic E-state index is -0.668. The minimum absolute atomic E-state index is 0.109. The van der Waals surface area contributed by atoms with Gasteiger partial charge in [0.1, 0.15) is 13.2 Å². The van der Waals surface area contributed by atoms with E-state index in [0.717, 1.165) is 0 Å². The smallest absolute Gasteiger partial charge is 0.415 e. The van der Waals surface area contributed by atoms with Crippen molar-refractivity contribution >= 4 is 17.5 Å². The highest BCUT2D eigenvalue weighted by Gasteiger charge is 2.23. The molecule has 1 aromatic carbocycles. The number of ether oxygens (including phenoxy) is 1. The lowest BCUT2D eigenvalue weighted by molar-refractivity contribution is -0.870. The molecule has 22 heavy (non-hydrogen) atoms. The summed E-state index contributed by atoms with van der Waals surface area (Å²) in [6.07, 6.45) is -1.29. The zero-order valence-electron chi connectivity index (χ0n) is 13.4. The van der Waals surface area contributed by atoms with Gasteiger partial charge in [-0.2, -0.15) is 0 Å². The van der Waals surface area contributed by atoms with Gasteiger partial charge >= 0.3 is 6.09 Å². The lowest BCUT2D eigenvalue weighted by atomic mass is 10.2. The molecule has 1 atom stereocenters. The number of benzene rings is 1. The average molecular weight is 311 g/mol. The molecule has 0 aliphatic heterocycles. The number of likely N-dealkylation sites (N-methyl/N-ethyl adjacent to an activating group) is 1. The fourth-order valence-corrected chi connectivity index (χ4v) is 1.74. The van der Waals surface area contributed by atoms with Crippen LogP contribution >= 0.6 is 0 Å². The van der Waals surface area contributed by atoms with Crippen molar-refractivity contribution in [2.45, 2.75) is 13.1 Å². The molecule has 0 aromatic heterocycles. The Morgan fingerprint density at radius 3 is 2.59 bits per heavy atom. The second kappa shape index (κ2) is 7.19. The summed E-state index contributed by atoms with van der Waals surface area (Å²) in [4.78, 5) is 23.7. The normalized spacial score (nSPS) is 12.6. The summed E-state index contributed by atoms with van der Waals surface area (Å²) in [6, 6.07) is 5.73. The number of hydrogen-bond donors (Lipinski definition) is 1. The minimum Gasteiger partial charge on any atom is -0.443 e. The predicted molar refractivity (Wildman–Crippen MR) is 83.5 cm³/mol. The number of carbonyl (C=O) groups excluding carboxylic acids is 1. The number of nitrogens with zero attached hydrogens (tertiary/aromatic N) is 3. The maximum Gasteiger partial charge on any atom is 0.415 e. The van der Waals surface area contributed by atoms with Crippen LogP contribution in [0.1, 0.15) is 6.92 Å². The third kappa shape index (κ3) is 5.30. The van der Waals surface area contributed by atoms with Gasteiger partial charge in [0.25, 0.3) is 5.69 Å². The van der Waals surface area contributed by atoms with Crippen LogP contribution < -0.4 is 10.6 Å². The van der Waals surface area contributed by atoms with Crippen molar-refractivity contribution in [1.82, 2.24) is 0 Å². The molecule has 0 spiro atoms. The van der Waals surface area contributed by atoms with Gasteiger partial charge in [0.2, 0.25) is 0 Å². The van der Waals surface area contributed by atoms with Crippen LogP contribution in [0.5, 0.6) is 0 Å². The Bertz CT molecular complexity index is 540. The first kappa shape index (κ1) is 17.9. The first-order valence-electron chi connectivity index (χ1n) is 6.88. The molecule has 1 aromatic rings. The van der Waals surface area contributed by atoms with Crippen LogP contribution in [0.2, 0.25) is 0 Å². The lowest BCUT2D eigenvalue weighted by Gasteiger charge is -2.27. The van der Waals surface area contributed by atoms with Gasteiger partial charge in [-0.25, -0.2) is 4.79 Å². The van der Waals surface area contributed by atoms with E-state index in [1.54, 1.807) is 13.0 Å². The molecule has 0 bridgehead atoms. The van der Waals surface area contributed by atoms with E-state index in [1.165, 1.54) is 23.1 Å². The van der Waals surface area contributed by atoms with Gasteiger partial charge in [-0.05, 0) is 13.0 Å². The average Bonchev–Trinajstić information content (AvgIpc) is 2.37. The molecule has 0 radical (unpaired) electrons. The van der Waals surface area contributed by atoms with Crippen LogP contribution in [0.25, 0.3) is 0 Å². The highest BCUT2D eigenvalue weighted by molar-refractivity contribution is 5.88. The van der Waals surface area contributed by atoms with E-state index >= 15 is 0 Å². The molecule has 2 N–H and O–H groups in total. The van der Waals surface area contributed by atoms with Crippen molar-refractivity contribution in [2.75, 3.05) is 39.2 Å². The second-order valence-corrected chi connectivity index (χ2v) is 6.02. The number of nitro groups is 1. The fraction of sp³-hybridized carbons (Fsp3) is 0.500. The van der Waals surface area contributed by atoms with Crippen molar-refractivity contribution in [3.63, 3.8) is 0 Å². The lowest BCUT2D eigenvalue weighted by Crippen LogP contribution is -2.46. The summed E-state index contributed by atoms with van der Waals surface area (Å²) in [5.41, 5.74) is 6.03. The van der Waals surface area contributed by atoms with Crippen LogP contribution in [0.3, 0.4) is 0 Å². The number of amides is 1. The topological polar surface area (TPSA) is 98.7 Å². The van der Waals surface area contributed by atoms with E-state index in [-0.39, 0.29) is 12.3 Å². The molecular weight excluding hydrogens is 288 g/mol. The highest BCUT2D eigenvalue weighted by atomic mass is 16.6. The van der Waals surface area contributed by atoms with Gasteiger partial charge in [0.15, 0.2) is 0 Å². The van der Waals surface area contributed by atoms with Gasteiger partial charge in [-0.15, -0.1) is 0 Å². The zero-order chi connectivity index (χ0) is 16.9. The van der Waals surface area contributed by atoms with Crippen molar-refractivity contribution < 1.29 is 18.9 Å². The molecule has 8 nitrogen and oxygen atoms in total. The molecule has 1 amide bonds. The van der Waals surface area contributed by atoms with E-state index in [4.69, 9.17) is 10.5 Å². The summed E-state index contributed by atoms with van der Waals surface area (Å²) in [5.74, 6) is 0. The van der Waals surface area contributed by atoms with Gasteiger partial charge in [-0.1, -0.05) is 6.07 Å². The quantitative estimate of drug-likeness (QED) is 0.372. The Morgan fingerprint density at radius 1 is 1.45 bits per heavy atom. The van der Waals surface area contributed by atoms with E-state index < -0.39 is 17.2 Å². The van der Waals surface area contributed by atoms with Crippen LogP contribution in [0, 0.1) is 10.1 Å². The number of carbonyl (C=O) groups is 1. The SMILES string of the molecule is CC(N)N(C(=O)OCC[N+](C)(C)C)c1cccc([N+](=O)[O-])c1. The first-order valence-corrected chi connectivity index (χ1v) is 6.88. The third-order valence-corrected chi connectivity index (χ3v) is 2.91. The van der Waals surface area contributed by atoms with E-state index in [9.17, 15) is 14.9 Å². The summed E-state index contributed by atoms with van der Waals surface area (Å²) in [5, 5.41) is 10.8. The number of rotatable bonds is 6. The molecular formula is C14H23N4O4+. The summed E-state index contributed by atoms with van der Waals surface area (Å²) < 4.78 is 5.87. The number of anilines is 1. The maximum absolute atomic E-state index is 12.2. The molecule has 0 aliphatic carbocycles. The number of hydrogen-bond acceptors (Lipinski definition) is 5. The van der Waals surface area contributed by atoms with Crippen molar-refractivity contribution in [2.24, 2.45) is 5.73 Å². The van der Waals surface area contributed by atoms with Crippen LogP contribution in [0.15, 0.2) is 24.3 Å². The molecule has 0 saturated heterocycles. The maximum atomic E-state index is 12.2. The molecule has 0 aliphatic rings. The Morgan fingerprint density at radius 2 is 2.09 bits per heavy atom. The van der Waals surface area contributed by atoms with E-state index in [0.29, 0.717) is 16.7 Å².